The largest absolute Gasteiger partial charge is 0.352 e. The standard InChI is InChI=1S/C14H20FN5O2S/c1-12(5-6-16)18(2)23(21,22)20-10-8-19(9-11-20)14-13(15)4-3-7-17-14/h3-4,7,12H,5,8-11H2,1-2H3/t12-/m1/s1. The zero-order valence-corrected chi connectivity index (χ0v) is 14.0. The van der Waals surface area contributed by atoms with Gasteiger partial charge in [0.1, 0.15) is 0 Å². The van der Waals surface area contributed by atoms with Gasteiger partial charge in [-0.05, 0) is 19.1 Å². The molecule has 1 aromatic rings. The maximum atomic E-state index is 13.7. The van der Waals surface area contributed by atoms with Gasteiger partial charge in [-0.2, -0.15) is 22.3 Å². The molecule has 0 saturated carbocycles. The van der Waals surface area contributed by atoms with E-state index in [0.717, 1.165) is 0 Å². The second kappa shape index (κ2) is 7.21. The van der Waals surface area contributed by atoms with Crippen molar-refractivity contribution in [2.45, 2.75) is 19.4 Å². The third kappa shape index (κ3) is 3.77. The molecule has 1 aliphatic heterocycles. The molecule has 0 bridgehead atoms. The van der Waals surface area contributed by atoms with Crippen LogP contribution in [0.3, 0.4) is 0 Å². The van der Waals surface area contributed by atoms with E-state index in [4.69, 9.17) is 5.26 Å². The van der Waals surface area contributed by atoms with Gasteiger partial charge in [0.2, 0.25) is 0 Å². The second-order valence-electron chi connectivity index (χ2n) is 5.43. The Balaban J connectivity index is 2.04. The Morgan fingerprint density at radius 1 is 1.43 bits per heavy atom. The van der Waals surface area contributed by atoms with Crippen LogP contribution in [0.5, 0.6) is 0 Å². The number of anilines is 1. The highest BCUT2D eigenvalue weighted by Gasteiger charge is 2.33. The maximum absolute atomic E-state index is 13.7. The lowest BCUT2D eigenvalue weighted by atomic mass is 10.3. The quantitative estimate of drug-likeness (QED) is 0.792. The Kier molecular flexibility index (Phi) is 5.51. The van der Waals surface area contributed by atoms with Crippen LogP contribution < -0.4 is 4.90 Å². The van der Waals surface area contributed by atoms with Crippen LogP contribution in [0.1, 0.15) is 13.3 Å². The van der Waals surface area contributed by atoms with Crippen molar-refractivity contribution in [3.05, 3.63) is 24.1 Å². The molecule has 23 heavy (non-hydrogen) atoms. The van der Waals surface area contributed by atoms with Crippen LogP contribution in [0.25, 0.3) is 0 Å². The number of nitrogens with zero attached hydrogens (tertiary/aromatic N) is 5. The molecule has 2 heterocycles. The molecule has 126 valence electrons. The number of rotatable bonds is 5. The molecular weight excluding hydrogens is 321 g/mol. The summed E-state index contributed by atoms with van der Waals surface area (Å²) in [5.74, 6) is -0.167. The molecule has 0 aromatic carbocycles. The fourth-order valence-corrected chi connectivity index (χ4v) is 3.93. The van der Waals surface area contributed by atoms with E-state index in [1.807, 2.05) is 6.07 Å². The minimum atomic E-state index is -3.62. The third-order valence-electron chi connectivity index (χ3n) is 3.97. The summed E-state index contributed by atoms with van der Waals surface area (Å²) in [7, 11) is -2.15. The molecule has 1 saturated heterocycles. The summed E-state index contributed by atoms with van der Waals surface area (Å²) in [6.45, 7) is 2.94. The van der Waals surface area contributed by atoms with E-state index < -0.39 is 22.1 Å². The molecule has 1 aliphatic rings. The Labute approximate surface area is 136 Å². The molecule has 0 spiro atoms. The first-order valence-corrected chi connectivity index (χ1v) is 8.73. The highest BCUT2D eigenvalue weighted by Crippen LogP contribution is 2.20. The van der Waals surface area contributed by atoms with Gasteiger partial charge < -0.3 is 4.90 Å². The first-order chi connectivity index (χ1) is 10.9. The van der Waals surface area contributed by atoms with Crippen molar-refractivity contribution < 1.29 is 12.8 Å². The summed E-state index contributed by atoms with van der Waals surface area (Å²) < 4.78 is 41.4. The summed E-state index contributed by atoms with van der Waals surface area (Å²) in [5.41, 5.74) is 0. The summed E-state index contributed by atoms with van der Waals surface area (Å²) >= 11 is 0. The van der Waals surface area contributed by atoms with Gasteiger partial charge >= 0.3 is 0 Å². The number of hydrogen-bond donors (Lipinski definition) is 0. The molecular formula is C14H20FN5O2S. The molecule has 1 atom stereocenters. The molecule has 0 amide bonds. The van der Waals surface area contributed by atoms with Crippen LogP contribution in [0.15, 0.2) is 18.3 Å². The summed E-state index contributed by atoms with van der Waals surface area (Å²) in [5, 5.41) is 8.71. The number of nitriles is 1. The lowest BCUT2D eigenvalue weighted by Crippen LogP contribution is -2.54. The summed E-state index contributed by atoms with van der Waals surface area (Å²) in [4.78, 5) is 5.75. The first kappa shape index (κ1) is 17.6. The van der Waals surface area contributed by atoms with Gasteiger partial charge in [0.05, 0.1) is 12.5 Å². The molecule has 1 aromatic heterocycles. The average molecular weight is 341 g/mol. The fourth-order valence-electron chi connectivity index (χ4n) is 2.41. The van der Waals surface area contributed by atoms with Crippen molar-refractivity contribution >= 4 is 16.0 Å². The van der Waals surface area contributed by atoms with E-state index in [1.165, 1.54) is 34.0 Å². The SMILES string of the molecule is C[C@H](CC#N)N(C)S(=O)(=O)N1CCN(c2ncccc2F)CC1. The Hall–Kier alpha value is -1.76. The highest BCUT2D eigenvalue weighted by atomic mass is 32.2. The minimum Gasteiger partial charge on any atom is -0.352 e. The monoisotopic (exact) mass is 341 g/mol. The molecule has 2 rings (SSSR count). The third-order valence-corrected chi connectivity index (χ3v) is 6.08. The molecule has 0 unspecified atom stereocenters. The van der Waals surface area contributed by atoms with Gasteiger partial charge in [-0.1, -0.05) is 0 Å². The zero-order valence-electron chi connectivity index (χ0n) is 13.2. The fraction of sp³-hybridized carbons (Fsp3) is 0.571. The maximum Gasteiger partial charge on any atom is 0.282 e. The summed E-state index contributed by atoms with van der Waals surface area (Å²) in [6.07, 6.45) is 1.65. The molecule has 9 heteroatoms. The van der Waals surface area contributed by atoms with E-state index in [1.54, 1.807) is 11.8 Å². The van der Waals surface area contributed by atoms with Crippen molar-refractivity contribution in [3.8, 4) is 6.07 Å². The van der Waals surface area contributed by atoms with Gasteiger partial charge in [0.25, 0.3) is 10.2 Å². The van der Waals surface area contributed by atoms with E-state index in [0.29, 0.717) is 13.1 Å². The second-order valence-corrected chi connectivity index (χ2v) is 7.42. The predicted octanol–water partition coefficient (Wildman–Crippen LogP) is 0.821. The lowest BCUT2D eigenvalue weighted by molar-refractivity contribution is 0.315. The number of pyridine rings is 1. The highest BCUT2D eigenvalue weighted by molar-refractivity contribution is 7.86. The Bertz CT molecular complexity index is 683. The van der Waals surface area contributed by atoms with Crippen molar-refractivity contribution in [2.24, 2.45) is 0 Å². The molecule has 0 radical (unpaired) electrons. The normalized spacial score (nSPS) is 18.0. The van der Waals surface area contributed by atoms with Crippen molar-refractivity contribution in [1.29, 1.82) is 5.26 Å². The van der Waals surface area contributed by atoms with Crippen LogP contribution in [0.2, 0.25) is 0 Å². The number of aromatic nitrogens is 1. The van der Waals surface area contributed by atoms with Crippen LogP contribution in [-0.4, -0.2) is 61.3 Å². The molecule has 0 N–H and O–H groups in total. The van der Waals surface area contributed by atoms with Crippen molar-refractivity contribution in [2.75, 3.05) is 38.1 Å². The zero-order chi connectivity index (χ0) is 17.0. The van der Waals surface area contributed by atoms with Gasteiger partial charge in [-0.15, -0.1) is 0 Å². The lowest BCUT2D eigenvalue weighted by Gasteiger charge is -2.37. The van der Waals surface area contributed by atoms with E-state index >= 15 is 0 Å². The Morgan fingerprint density at radius 3 is 2.65 bits per heavy atom. The molecule has 1 fully saturated rings. The van der Waals surface area contributed by atoms with Crippen LogP contribution in [0.4, 0.5) is 10.2 Å². The minimum absolute atomic E-state index is 0.134. The van der Waals surface area contributed by atoms with Crippen molar-refractivity contribution in [1.82, 2.24) is 13.6 Å². The number of hydrogen-bond acceptors (Lipinski definition) is 5. The van der Waals surface area contributed by atoms with E-state index in [9.17, 15) is 12.8 Å². The first-order valence-electron chi connectivity index (χ1n) is 7.33. The van der Waals surface area contributed by atoms with E-state index in [2.05, 4.69) is 4.98 Å². The van der Waals surface area contributed by atoms with Gasteiger partial charge in [0, 0.05) is 45.5 Å². The predicted molar refractivity (Wildman–Crippen MR) is 84.4 cm³/mol. The van der Waals surface area contributed by atoms with Crippen LogP contribution in [0, 0.1) is 17.1 Å². The number of piperazine rings is 1. The summed E-state index contributed by atoms with van der Waals surface area (Å²) in [6, 6.07) is 4.44. The molecule has 7 nitrogen and oxygen atoms in total. The molecule has 0 aliphatic carbocycles. The van der Waals surface area contributed by atoms with Crippen LogP contribution >= 0.6 is 0 Å². The topological polar surface area (TPSA) is 80.5 Å². The average Bonchev–Trinajstić information content (AvgIpc) is 2.55. The van der Waals surface area contributed by atoms with Crippen molar-refractivity contribution in [3.63, 3.8) is 0 Å². The number of halogens is 1. The van der Waals surface area contributed by atoms with Crippen LogP contribution in [-0.2, 0) is 10.2 Å². The van der Waals surface area contributed by atoms with Gasteiger partial charge in [-0.3, -0.25) is 0 Å². The Morgan fingerprint density at radius 2 is 2.09 bits per heavy atom. The van der Waals surface area contributed by atoms with E-state index in [-0.39, 0.29) is 25.3 Å². The smallest absolute Gasteiger partial charge is 0.282 e. The van der Waals surface area contributed by atoms with Gasteiger partial charge in [0.15, 0.2) is 11.6 Å². The van der Waals surface area contributed by atoms with Gasteiger partial charge in [-0.25, -0.2) is 9.37 Å².